The Bertz CT molecular complexity index is 554. The molecule has 1 aliphatic rings. The standard InChI is InChI=1S/C13H13N3O2/c1-13(6-14)7-16(8-13)12(18)10-4-2-3-9(5-10)11(15)17/h2-5H,7-8H2,1H3,(H2,15,17). The van der Waals surface area contributed by atoms with E-state index in [2.05, 4.69) is 6.07 Å². The van der Waals surface area contributed by atoms with Crippen LogP contribution in [-0.2, 0) is 0 Å². The molecule has 2 rings (SSSR count). The molecule has 0 atom stereocenters. The van der Waals surface area contributed by atoms with Crippen molar-refractivity contribution in [3.8, 4) is 6.07 Å². The van der Waals surface area contributed by atoms with Crippen molar-refractivity contribution in [1.82, 2.24) is 4.90 Å². The molecular formula is C13H13N3O2. The summed E-state index contributed by atoms with van der Waals surface area (Å²) in [7, 11) is 0. The Balaban J connectivity index is 2.14. The van der Waals surface area contributed by atoms with Crippen molar-refractivity contribution in [3.05, 3.63) is 35.4 Å². The topological polar surface area (TPSA) is 87.2 Å². The molecule has 0 radical (unpaired) electrons. The number of primary amides is 1. The average Bonchev–Trinajstić information content (AvgIpc) is 2.34. The quantitative estimate of drug-likeness (QED) is 0.832. The first-order valence-corrected chi connectivity index (χ1v) is 5.56. The van der Waals surface area contributed by atoms with Gasteiger partial charge in [0.15, 0.2) is 0 Å². The molecule has 0 bridgehead atoms. The van der Waals surface area contributed by atoms with Gasteiger partial charge in [0.25, 0.3) is 5.91 Å². The minimum Gasteiger partial charge on any atom is -0.366 e. The molecule has 0 saturated carbocycles. The molecule has 1 aromatic carbocycles. The third kappa shape index (κ3) is 2.05. The van der Waals surface area contributed by atoms with Gasteiger partial charge in [-0.05, 0) is 25.1 Å². The van der Waals surface area contributed by atoms with Crippen LogP contribution in [0.1, 0.15) is 27.6 Å². The van der Waals surface area contributed by atoms with E-state index in [1.165, 1.54) is 6.07 Å². The Hall–Kier alpha value is -2.35. The van der Waals surface area contributed by atoms with Crippen molar-refractivity contribution in [1.29, 1.82) is 5.26 Å². The number of nitrogens with two attached hydrogens (primary N) is 1. The lowest BCUT2D eigenvalue weighted by Gasteiger charge is -2.43. The number of benzene rings is 1. The third-order valence-electron chi connectivity index (χ3n) is 3.03. The molecule has 0 aromatic heterocycles. The molecule has 5 nitrogen and oxygen atoms in total. The van der Waals surface area contributed by atoms with E-state index in [0.717, 1.165) is 0 Å². The third-order valence-corrected chi connectivity index (χ3v) is 3.03. The maximum absolute atomic E-state index is 12.1. The first-order valence-electron chi connectivity index (χ1n) is 5.56. The number of nitriles is 1. The van der Waals surface area contributed by atoms with E-state index in [0.29, 0.717) is 24.2 Å². The molecule has 0 unspecified atom stereocenters. The molecule has 5 heteroatoms. The van der Waals surface area contributed by atoms with E-state index in [1.54, 1.807) is 23.1 Å². The van der Waals surface area contributed by atoms with Crippen molar-refractivity contribution in [2.75, 3.05) is 13.1 Å². The van der Waals surface area contributed by atoms with Gasteiger partial charge in [-0.15, -0.1) is 0 Å². The zero-order chi connectivity index (χ0) is 13.3. The van der Waals surface area contributed by atoms with Gasteiger partial charge in [0.2, 0.25) is 5.91 Å². The van der Waals surface area contributed by atoms with Crippen LogP contribution >= 0.6 is 0 Å². The minimum absolute atomic E-state index is 0.175. The van der Waals surface area contributed by atoms with Crippen LogP contribution < -0.4 is 5.73 Å². The lowest BCUT2D eigenvalue weighted by Crippen LogP contribution is -2.56. The fraction of sp³-hybridized carbons (Fsp3) is 0.308. The van der Waals surface area contributed by atoms with Crippen LogP contribution in [-0.4, -0.2) is 29.8 Å². The van der Waals surface area contributed by atoms with Gasteiger partial charge in [0.1, 0.15) is 0 Å². The van der Waals surface area contributed by atoms with Gasteiger partial charge in [-0.3, -0.25) is 9.59 Å². The smallest absolute Gasteiger partial charge is 0.253 e. The summed E-state index contributed by atoms with van der Waals surface area (Å²) in [6.07, 6.45) is 0. The molecule has 0 spiro atoms. The first kappa shape index (κ1) is 12.1. The summed E-state index contributed by atoms with van der Waals surface area (Å²) < 4.78 is 0. The Labute approximate surface area is 105 Å². The fourth-order valence-electron chi connectivity index (χ4n) is 2.00. The van der Waals surface area contributed by atoms with Crippen LogP contribution in [0.5, 0.6) is 0 Å². The summed E-state index contributed by atoms with van der Waals surface area (Å²) in [6.45, 7) is 2.66. The monoisotopic (exact) mass is 243 g/mol. The number of carbonyl (C=O) groups excluding carboxylic acids is 2. The summed E-state index contributed by atoms with van der Waals surface area (Å²) in [4.78, 5) is 24.7. The van der Waals surface area contributed by atoms with E-state index >= 15 is 0 Å². The molecule has 1 aromatic rings. The highest BCUT2D eigenvalue weighted by Crippen LogP contribution is 2.29. The molecular weight excluding hydrogens is 230 g/mol. The number of nitrogens with zero attached hydrogens (tertiary/aromatic N) is 2. The second-order valence-electron chi connectivity index (χ2n) is 4.78. The largest absolute Gasteiger partial charge is 0.366 e. The van der Waals surface area contributed by atoms with Gasteiger partial charge in [-0.25, -0.2) is 0 Å². The number of likely N-dealkylation sites (tertiary alicyclic amines) is 1. The second kappa shape index (κ2) is 4.15. The number of carbonyl (C=O) groups is 2. The normalized spacial score (nSPS) is 16.6. The van der Waals surface area contributed by atoms with Crippen molar-refractivity contribution >= 4 is 11.8 Å². The minimum atomic E-state index is -0.560. The molecule has 1 saturated heterocycles. The lowest BCUT2D eigenvalue weighted by molar-refractivity contribution is 0.0369. The summed E-state index contributed by atoms with van der Waals surface area (Å²) >= 11 is 0. The number of hydrogen-bond acceptors (Lipinski definition) is 3. The van der Waals surface area contributed by atoms with E-state index in [9.17, 15) is 9.59 Å². The summed E-state index contributed by atoms with van der Waals surface area (Å²) in [6, 6.07) is 8.48. The molecule has 0 aliphatic carbocycles. The van der Waals surface area contributed by atoms with E-state index in [-0.39, 0.29) is 5.91 Å². The Morgan fingerprint density at radius 1 is 1.39 bits per heavy atom. The second-order valence-corrected chi connectivity index (χ2v) is 4.78. The van der Waals surface area contributed by atoms with Crippen LogP contribution in [0.2, 0.25) is 0 Å². The zero-order valence-electron chi connectivity index (χ0n) is 10.0. The molecule has 18 heavy (non-hydrogen) atoms. The van der Waals surface area contributed by atoms with Crippen LogP contribution in [0.15, 0.2) is 24.3 Å². The van der Waals surface area contributed by atoms with Gasteiger partial charge in [-0.2, -0.15) is 5.26 Å². The van der Waals surface area contributed by atoms with Crippen molar-refractivity contribution < 1.29 is 9.59 Å². The Morgan fingerprint density at radius 3 is 2.56 bits per heavy atom. The summed E-state index contributed by atoms with van der Waals surface area (Å²) in [5, 5.41) is 8.88. The molecule has 2 amide bonds. The molecule has 1 heterocycles. The van der Waals surface area contributed by atoms with Crippen LogP contribution in [0.3, 0.4) is 0 Å². The van der Waals surface area contributed by atoms with Gasteiger partial charge >= 0.3 is 0 Å². The predicted molar refractivity (Wildman–Crippen MR) is 64.6 cm³/mol. The average molecular weight is 243 g/mol. The van der Waals surface area contributed by atoms with Crippen molar-refractivity contribution in [3.63, 3.8) is 0 Å². The highest BCUT2D eigenvalue weighted by Gasteiger charge is 2.41. The Kier molecular flexibility index (Phi) is 2.79. The lowest BCUT2D eigenvalue weighted by atomic mass is 9.83. The van der Waals surface area contributed by atoms with E-state index in [1.807, 2.05) is 6.92 Å². The summed E-state index contributed by atoms with van der Waals surface area (Å²) in [5.74, 6) is -0.735. The van der Waals surface area contributed by atoms with E-state index in [4.69, 9.17) is 11.0 Å². The van der Waals surface area contributed by atoms with Gasteiger partial charge < -0.3 is 10.6 Å². The highest BCUT2D eigenvalue weighted by atomic mass is 16.2. The Morgan fingerprint density at radius 2 is 2.00 bits per heavy atom. The fourth-order valence-corrected chi connectivity index (χ4v) is 2.00. The summed E-state index contributed by atoms with van der Waals surface area (Å²) in [5.41, 5.74) is 5.45. The number of rotatable bonds is 2. The van der Waals surface area contributed by atoms with Gasteiger partial charge in [0.05, 0.1) is 11.5 Å². The number of hydrogen-bond donors (Lipinski definition) is 1. The highest BCUT2D eigenvalue weighted by molar-refractivity contribution is 5.99. The number of amides is 2. The van der Waals surface area contributed by atoms with Crippen LogP contribution in [0.4, 0.5) is 0 Å². The maximum atomic E-state index is 12.1. The van der Waals surface area contributed by atoms with Gasteiger partial charge in [0, 0.05) is 24.2 Å². The predicted octanol–water partition coefficient (Wildman–Crippen LogP) is 0.771. The van der Waals surface area contributed by atoms with E-state index < -0.39 is 11.3 Å². The molecule has 2 N–H and O–H groups in total. The maximum Gasteiger partial charge on any atom is 0.253 e. The SMILES string of the molecule is CC1(C#N)CN(C(=O)c2cccc(C(N)=O)c2)C1. The first-order chi connectivity index (χ1) is 8.45. The van der Waals surface area contributed by atoms with Crippen molar-refractivity contribution in [2.45, 2.75) is 6.92 Å². The van der Waals surface area contributed by atoms with Crippen LogP contribution in [0, 0.1) is 16.7 Å². The zero-order valence-corrected chi connectivity index (χ0v) is 10.0. The molecule has 92 valence electrons. The van der Waals surface area contributed by atoms with Crippen molar-refractivity contribution in [2.24, 2.45) is 11.1 Å². The molecule has 1 aliphatic heterocycles. The molecule has 1 fully saturated rings. The van der Waals surface area contributed by atoms with Crippen LogP contribution in [0.25, 0.3) is 0 Å². The van der Waals surface area contributed by atoms with Gasteiger partial charge in [-0.1, -0.05) is 6.07 Å².